The number of hydrogen-bond donors (Lipinski definition) is 0. The van der Waals surface area contributed by atoms with Crippen molar-refractivity contribution in [1.82, 2.24) is 4.98 Å². The SMILES string of the molecule is CCOC(OCC)c1ccc(F)nc1F. The second-order valence-corrected chi connectivity index (χ2v) is 2.76. The number of halogens is 2. The lowest BCUT2D eigenvalue weighted by Crippen LogP contribution is -2.12. The standard InChI is InChI=1S/C10H13F2NO2/c1-3-14-10(15-4-2)7-5-6-8(11)13-9(7)12/h5-6,10H,3-4H2,1-2H3. The van der Waals surface area contributed by atoms with Crippen molar-refractivity contribution >= 4 is 0 Å². The van der Waals surface area contributed by atoms with Crippen molar-refractivity contribution in [3.8, 4) is 0 Å². The molecule has 0 fully saturated rings. The molecule has 84 valence electrons. The molecule has 0 radical (unpaired) electrons. The second-order valence-electron chi connectivity index (χ2n) is 2.76. The van der Waals surface area contributed by atoms with Crippen molar-refractivity contribution < 1.29 is 18.3 Å². The van der Waals surface area contributed by atoms with Gasteiger partial charge in [0, 0.05) is 13.2 Å². The number of nitrogens with zero attached hydrogens (tertiary/aromatic N) is 1. The molecule has 0 atom stereocenters. The Morgan fingerprint density at radius 2 is 1.80 bits per heavy atom. The molecule has 15 heavy (non-hydrogen) atoms. The van der Waals surface area contributed by atoms with E-state index in [0.29, 0.717) is 13.2 Å². The minimum Gasteiger partial charge on any atom is -0.349 e. The van der Waals surface area contributed by atoms with Gasteiger partial charge in [-0.05, 0) is 26.0 Å². The van der Waals surface area contributed by atoms with Crippen LogP contribution in [-0.4, -0.2) is 18.2 Å². The zero-order chi connectivity index (χ0) is 11.3. The third-order valence-electron chi connectivity index (χ3n) is 1.73. The maximum atomic E-state index is 13.2. The van der Waals surface area contributed by atoms with E-state index in [-0.39, 0.29) is 5.56 Å². The van der Waals surface area contributed by atoms with Gasteiger partial charge in [0.1, 0.15) is 0 Å². The van der Waals surface area contributed by atoms with Crippen molar-refractivity contribution in [3.05, 3.63) is 29.6 Å². The molecule has 0 N–H and O–H groups in total. The highest BCUT2D eigenvalue weighted by Crippen LogP contribution is 2.20. The van der Waals surface area contributed by atoms with Crippen LogP contribution in [0.4, 0.5) is 8.78 Å². The summed E-state index contributed by atoms with van der Waals surface area (Å²) in [5.74, 6) is -1.76. The van der Waals surface area contributed by atoms with Crippen LogP contribution in [-0.2, 0) is 9.47 Å². The van der Waals surface area contributed by atoms with E-state index in [9.17, 15) is 8.78 Å². The van der Waals surface area contributed by atoms with Crippen LogP contribution in [0.3, 0.4) is 0 Å². The molecule has 0 saturated carbocycles. The summed E-state index contributed by atoms with van der Waals surface area (Å²) in [6.07, 6.45) is -0.826. The van der Waals surface area contributed by atoms with Gasteiger partial charge in [-0.25, -0.2) is 0 Å². The van der Waals surface area contributed by atoms with E-state index < -0.39 is 18.2 Å². The lowest BCUT2D eigenvalue weighted by molar-refractivity contribution is -0.142. The minimum absolute atomic E-state index is 0.111. The van der Waals surface area contributed by atoms with E-state index in [1.54, 1.807) is 13.8 Å². The first kappa shape index (κ1) is 12.0. The van der Waals surface area contributed by atoms with Gasteiger partial charge in [0.2, 0.25) is 11.9 Å². The molecule has 0 spiro atoms. The van der Waals surface area contributed by atoms with Crippen LogP contribution in [0.1, 0.15) is 25.7 Å². The number of ether oxygens (including phenoxy) is 2. The van der Waals surface area contributed by atoms with E-state index >= 15 is 0 Å². The highest BCUT2D eigenvalue weighted by molar-refractivity contribution is 5.13. The highest BCUT2D eigenvalue weighted by atomic mass is 19.1. The quantitative estimate of drug-likeness (QED) is 0.560. The molecule has 0 aliphatic heterocycles. The fourth-order valence-electron chi connectivity index (χ4n) is 1.13. The number of aromatic nitrogens is 1. The Balaban J connectivity index is 2.89. The topological polar surface area (TPSA) is 31.4 Å². The van der Waals surface area contributed by atoms with Gasteiger partial charge in [0.15, 0.2) is 6.29 Å². The van der Waals surface area contributed by atoms with E-state index in [1.807, 2.05) is 0 Å². The Labute approximate surface area is 87.0 Å². The largest absolute Gasteiger partial charge is 0.349 e. The van der Waals surface area contributed by atoms with Crippen LogP contribution in [0.15, 0.2) is 12.1 Å². The molecule has 0 unspecified atom stereocenters. The smallest absolute Gasteiger partial charge is 0.223 e. The second kappa shape index (κ2) is 5.72. The van der Waals surface area contributed by atoms with Gasteiger partial charge in [0.25, 0.3) is 0 Å². The summed E-state index contributed by atoms with van der Waals surface area (Å²) in [5.41, 5.74) is 0.111. The Kier molecular flexibility index (Phi) is 4.58. The maximum Gasteiger partial charge on any atom is 0.223 e. The van der Waals surface area contributed by atoms with Gasteiger partial charge < -0.3 is 9.47 Å². The summed E-state index contributed by atoms with van der Waals surface area (Å²) >= 11 is 0. The van der Waals surface area contributed by atoms with Crippen LogP contribution in [0, 0.1) is 11.9 Å². The molecule has 1 aromatic heterocycles. The fourth-order valence-corrected chi connectivity index (χ4v) is 1.13. The molecule has 3 nitrogen and oxygen atoms in total. The molecule has 0 aromatic carbocycles. The molecule has 0 saturated heterocycles. The molecule has 5 heteroatoms. The van der Waals surface area contributed by atoms with E-state index in [1.165, 1.54) is 6.07 Å². The summed E-state index contributed by atoms with van der Waals surface area (Å²) in [6, 6.07) is 2.34. The van der Waals surface area contributed by atoms with Gasteiger partial charge >= 0.3 is 0 Å². The molecule has 0 amide bonds. The third kappa shape index (κ3) is 3.21. The van der Waals surface area contributed by atoms with Gasteiger partial charge in [-0.2, -0.15) is 13.8 Å². The van der Waals surface area contributed by atoms with Crippen LogP contribution in [0.25, 0.3) is 0 Å². The molecule has 1 aromatic rings. The van der Waals surface area contributed by atoms with Crippen LogP contribution >= 0.6 is 0 Å². The van der Waals surface area contributed by atoms with Crippen molar-refractivity contribution in [3.63, 3.8) is 0 Å². The first-order valence-electron chi connectivity index (χ1n) is 4.74. The van der Waals surface area contributed by atoms with E-state index in [2.05, 4.69) is 4.98 Å². The van der Waals surface area contributed by atoms with Crippen molar-refractivity contribution in [2.24, 2.45) is 0 Å². The normalized spacial score (nSPS) is 11.0. The van der Waals surface area contributed by atoms with E-state index in [0.717, 1.165) is 6.07 Å². The Bertz CT molecular complexity index is 314. The maximum absolute atomic E-state index is 13.2. The lowest BCUT2D eigenvalue weighted by Gasteiger charge is -2.16. The Morgan fingerprint density at radius 3 is 2.27 bits per heavy atom. The van der Waals surface area contributed by atoms with E-state index in [4.69, 9.17) is 9.47 Å². The van der Waals surface area contributed by atoms with Gasteiger partial charge in [0.05, 0.1) is 5.56 Å². The molecule has 1 rings (SSSR count). The fraction of sp³-hybridized carbons (Fsp3) is 0.500. The summed E-state index contributed by atoms with van der Waals surface area (Å²) in [7, 11) is 0. The van der Waals surface area contributed by atoms with Crippen molar-refractivity contribution in [2.45, 2.75) is 20.1 Å². The molecule has 0 bridgehead atoms. The Morgan fingerprint density at radius 1 is 1.20 bits per heavy atom. The predicted octanol–water partition coefficient (Wildman–Crippen LogP) is 2.43. The lowest BCUT2D eigenvalue weighted by atomic mass is 10.2. The number of pyridine rings is 1. The van der Waals surface area contributed by atoms with Crippen LogP contribution in [0.5, 0.6) is 0 Å². The highest BCUT2D eigenvalue weighted by Gasteiger charge is 2.17. The minimum atomic E-state index is -0.901. The molecule has 1 heterocycles. The predicted molar refractivity (Wildman–Crippen MR) is 50.1 cm³/mol. The Hall–Kier alpha value is -1.07. The van der Waals surface area contributed by atoms with Gasteiger partial charge in [-0.15, -0.1) is 0 Å². The number of hydrogen-bond acceptors (Lipinski definition) is 3. The average Bonchev–Trinajstić information content (AvgIpc) is 2.17. The third-order valence-corrected chi connectivity index (χ3v) is 1.73. The first-order chi connectivity index (χ1) is 7.19. The summed E-state index contributed by atoms with van der Waals surface area (Å²) in [5, 5.41) is 0. The molecule has 0 aliphatic rings. The van der Waals surface area contributed by atoms with Gasteiger partial charge in [-0.1, -0.05) is 0 Å². The van der Waals surface area contributed by atoms with Gasteiger partial charge in [-0.3, -0.25) is 0 Å². The molecular weight excluding hydrogens is 204 g/mol. The molecular formula is C10H13F2NO2. The summed E-state index contributed by atoms with van der Waals surface area (Å²) in [4.78, 5) is 3.07. The van der Waals surface area contributed by atoms with Crippen molar-refractivity contribution in [1.29, 1.82) is 0 Å². The van der Waals surface area contributed by atoms with Crippen LogP contribution in [0.2, 0.25) is 0 Å². The summed E-state index contributed by atoms with van der Waals surface area (Å²) < 4.78 is 36.1. The zero-order valence-electron chi connectivity index (χ0n) is 8.67. The average molecular weight is 217 g/mol. The summed E-state index contributed by atoms with van der Waals surface area (Å²) in [6.45, 7) is 4.28. The van der Waals surface area contributed by atoms with Crippen LogP contribution < -0.4 is 0 Å². The first-order valence-corrected chi connectivity index (χ1v) is 4.74. The molecule has 0 aliphatic carbocycles. The zero-order valence-corrected chi connectivity index (χ0v) is 8.67. The van der Waals surface area contributed by atoms with Crippen molar-refractivity contribution in [2.75, 3.05) is 13.2 Å². The number of rotatable bonds is 5. The monoisotopic (exact) mass is 217 g/mol.